The van der Waals surface area contributed by atoms with Crippen LogP contribution in [-0.2, 0) is 10.5 Å². The number of amides is 1. The molecule has 0 fully saturated rings. The lowest BCUT2D eigenvalue weighted by molar-refractivity contribution is -0.122. The van der Waals surface area contributed by atoms with Gasteiger partial charge in [0.15, 0.2) is 0 Å². The van der Waals surface area contributed by atoms with E-state index < -0.39 is 11.4 Å². The van der Waals surface area contributed by atoms with Crippen molar-refractivity contribution >= 4 is 17.7 Å². The van der Waals surface area contributed by atoms with Crippen molar-refractivity contribution in [2.75, 3.05) is 5.75 Å². The summed E-state index contributed by atoms with van der Waals surface area (Å²) in [5, 5.41) is 0. The van der Waals surface area contributed by atoms with Crippen LogP contribution in [0.15, 0.2) is 22.8 Å². The zero-order chi connectivity index (χ0) is 11.3. The van der Waals surface area contributed by atoms with Gasteiger partial charge in [-0.05, 0) is 31.2 Å². The normalized spacial score (nSPS) is 14.8. The third-order valence-electron chi connectivity index (χ3n) is 2.15. The maximum Gasteiger partial charge on any atom is 0.237 e. The van der Waals surface area contributed by atoms with Crippen molar-refractivity contribution in [1.82, 2.24) is 0 Å². The first-order chi connectivity index (χ1) is 7.02. The number of hydrogen-bond donors (Lipinski definition) is 2. The molecule has 1 aromatic rings. The molecule has 15 heavy (non-hydrogen) atoms. The first kappa shape index (κ1) is 12.1. The summed E-state index contributed by atoms with van der Waals surface area (Å²) in [6.45, 7) is 1.66. The summed E-state index contributed by atoms with van der Waals surface area (Å²) in [4.78, 5) is 10.9. The smallest absolute Gasteiger partial charge is 0.237 e. The van der Waals surface area contributed by atoms with E-state index in [2.05, 4.69) is 0 Å². The Morgan fingerprint density at radius 2 is 2.40 bits per heavy atom. The summed E-state index contributed by atoms with van der Waals surface area (Å²) < 4.78 is 5.17. The van der Waals surface area contributed by atoms with Crippen molar-refractivity contribution in [3.05, 3.63) is 24.2 Å². The number of carbonyl (C=O) groups excluding carboxylic acids is 1. The zero-order valence-electron chi connectivity index (χ0n) is 8.73. The summed E-state index contributed by atoms with van der Waals surface area (Å²) in [6, 6.07) is 3.77. The first-order valence-electron chi connectivity index (χ1n) is 4.71. The fraction of sp³-hybridized carbons (Fsp3) is 0.500. The summed E-state index contributed by atoms with van der Waals surface area (Å²) in [5.41, 5.74) is 9.96. The van der Waals surface area contributed by atoms with Crippen LogP contribution in [0.5, 0.6) is 0 Å². The molecule has 84 valence electrons. The molecule has 4 nitrogen and oxygen atoms in total. The van der Waals surface area contributed by atoms with E-state index in [1.165, 1.54) is 0 Å². The first-order valence-corrected chi connectivity index (χ1v) is 5.87. The summed E-state index contributed by atoms with van der Waals surface area (Å²) >= 11 is 1.67. The Morgan fingerprint density at radius 1 is 1.67 bits per heavy atom. The molecule has 4 N–H and O–H groups in total. The van der Waals surface area contributed by atoms with Crippen LogP contribution in [0.3, 0.4) is 0 Å². The number of rotatable bonds is 6. The van der Waals surface area contributed by atoms with Gasteiger partial charge in [0, 0.05) is 0 Å². The Morgan fingerprint density at radius 3 is 2.93 bits per heavy atom. The van der Waals surface area contributed by atoms with Gasteiger partial charge >= 0.3 is 0 Å². The molecule has 0 bridgehead atoms. The van der Waals surface area contributed by atoms with Crippen molar-refractivity contribution in [3.63, 3.8) is 0 Å². The van der Waals surface area contributed by atoms with Crippen LogP contribution in [0, 0.1) is 0 Å². The van der Waals surface area contributed by atoms with E-state index in [0.29, 0.717) is 6.42 Å². The second-order valence-corrected chi connectivity index (χ2v) is 4.77. The predicted molar refractivity (Wildman–Crippen MR) is 61.3 cm³/mol. The molecular weight excluding hydrogens is 212 g/mol. The average Bonchev–Trinajstić information content (AvgIpc) is 2.64. The van der Waals surface area contributed by atoms with Crippen molar-refractivity contribution in [2.45, 2.75) is 24.6 Å². The lowest BCUT2D eigenvalue weighted by Gasteiger charge is -2.19. The minimum absolute atomic E-state index is 0.457. The Labute approximate surface area is 93.4 Å². The highest BCUT2D eigenvalue weighted by Crippen LogP contribution is 2.16. The van der Waals surface area contributed by atoms with E-state index in [9.17, 15) is 4.79 Å². The molecule has 1 atom stereocenters. The SMILES string of the molecule is CC(N)(CCSCc1ccco1)C(N)=O. The molecule has 0 aromatic carbocycles. The van der Waals surface area contributed by atoms with Gasteiger partial charge in [0.1, 0.15) is 5.76 Å². The fourth-order valence-corrected chi connectivity index (χ4v) is 2.05. The van der Waals surface area contributed by atoms with Gasteiger partial charge in [-0.15, -0.1) is 0 Å². The van der Waals surface area contributed by atoms with E-state index >= 15 is 0 Å². The van der Waals surface area contributed by atoms with Crippen molar-refractivity contribution < 1.29 is 9.21 Å². The number of thioether (sulfide) groups is 1. The van der Waals surface area contributed by atoms with Crippen LogP contribution in [-0.4, -0.2) is 17.2 Å². The fourth-order valence-electron chi connectivity index (χ4n) is 0.975. The quantitative estimate of drug-likeness (QED) is 0.714. The second kappa shape index (κ2) is 5.23. The molecular formula is C10H16N2O2S. The van der Waals surface area contributed by atoms with Crippen molar-refractivity contribution in [3.8, 4) is 0 Å². The van der Waals surface area contributed by atoms with Gasteiger partial charge < -0.3 is 15.9 Å². The van der Waals surface area contributed by atoms with Crippen LogP contribution in [0.2, 0.25) is 0 Å². The van der Waals surface area contributed by atoms with E-state index in [0.717, 1.165) is 17.3 Å². The molecule has 0 spiro atoms. The molecule has 0 saturated heterocycles. The Bertz CT molecular complexity index is 309. The summed E-state index contributed by atoms with van der Waals surface area (Å²) in [7, 11) is 0. The Hall–Kier alpha value is -0.940. The molecule has 0 aliphatic carbocycles. The molecule has 1 amide bonds. The molecule has 0 radical (unpaired) electrons. The highest BCUT2D eigenvalue weighted by atomic mass is 32.2. The maximum absolute atomic E-state index is 10.9. The second-order valence-electron chi connectivity index (χ2n) is 3.66. The number of hydrogen-bond acceptors (Lipinski definition) is 4. The van der Waals surface area contributed by atoms with Gasteiger partial charge in [0.25, 0.3) is 0 Å². The molecule has 1 aromatic heterocycles. The van der Waals surface area contributed by atoms with Gasteiger partial charge in [-0.1, -0.05) is 0 Å². The van der Waals surface area contributed by atoms with E-state index in [-0.39, 0.29) is 0 Å². The number of primary amides is 1. The number of furan rings is 1. The Kier molecular flexibility index (Phi) is 4.23. The molecule has 1 rings (SSSR count). The minimum atomic E-state index is -0.907. The highest BCUT2D eigenvalue weighted by Gasteiger charge is 2.24. The van der Waals surface area contributed by atoms with Crippen molar-refractivity contribution in [2.24, 2.45) is 11.5 Å². The molecule has 1 heterocycles. The number of nitrogens with two attached hydrogens (primary N) is 2. The van der Waals surface area contributed by atoms with Gasteiger partial charge in [-0.2, -0.15) is 11.8 Å². The van der Waals surface area contributed by atoms with Crippen LogP contribution in [0.1, 0.15) is 19.1 Å². The van der Waals surface area contributed by atoms with E-state index in [1.54, 1.807) is 24.9 Å². The molecule has 0 aliphatic rings. The predicted octanol–water partition coefficient (Wildman–Crippen LogP) is 1.11. The highest BCUT2D eigenvalue weighted by molar-refractivity contribution is 7.98. The third-order valence-corrected chi connectivity index (χ3v) is 3.13. The molecule has 1 unspecified atom stereocenters. The average molecular weight is 228 g/mol. The van der Waals surface area contributed by atoms with Gasteiger partial charge in [-0.25, -0.2) is 0 Å². The number of carbonyl (C=O) groups is 1. The summed E-state index contributed by atoms with van der Waals surface area (Å²) in [6.07, 6.45) is 2.22. The standard InChI is InChI=1S/C10H16N2O2S/c1-10(12,9(11)13)4-6-15-7-8-3-2-5-14-8/h2-3,5H,4,6-7,12H2,1H3,(H2,11,13). The summed E-state index contributed by atoms with van der Waals surface area (Å²) in [5.74, 6) is 2.05. The van der Waals surface area contributed by atoms with E-state index in [4.69, 9.17) is 15.9 Å². The zero-order valence-corrected chi connectivity index (χ0v) is 9.55. The van der Waals surface area contributed by atoms with Crippen LogP contribution < -0.4 is 11.5 Å². The van der Waals surface area contributed by atoms with E-state index in [1.807, 2.05) is 12.1 Å². The van der Waals surface area contributed by atoms with Crippen LogP contribution >= 0.6 is 11.8 Å². The van der Waals surface area contributed by atoms with Gasteiger partial charge in [0.05, 0.1) is 17.6 Å². The largest absolute Gasteiger partial charge is 0.468 e. The van der Waals surface area contributed by atoms with Crippen LogP contribution in [0.25, 0.3) is 0 Å². The van der Waals surface area contributed by atoms with Gasteiger partial charge in [0.2, 0.25) is 5.91 Å². The minimum Gasteiger partial charge on any atom is -0.468 e. The lowest BCUT2D eigenvalue weighted by Crippen LogP contribution is -2.49. The van der Waals surface area contributed by atoms with Crippen LogP contribution in [0.4, 0.5) is 0 Å². The Balaban J connectivity index is 2.19. The maximum atomic E-state index is 10.9. The molecule has 0 aliphatic heterocycles. The molecule has 5 heteroatoms. The molecule has 0 saturated carbocycles. The third kappa shape index (κ3) is 3.97. The van der Waals surface area contributed by atoms with Gasteiger partial charge in [-0.3, -0.25) is 4.79 Å². The topological polar surface area (TPSA) is 82.2 Å². The van der Waals surface area contributed by atoms with Crippen molar-refractivity contribution in [1.29, 1.82) is 0 Å². The lowest BCUT2D eigenvalue weighted by atomic mass is 10.0. The monoisotopic (exact) mass is 228 g/mol.